The molecule has 1 amide bonds. The van der Waals surface area contributed by atoms with E-state index in [0.717, 1.165) is 51.4 Å². The zero-order valence-corrected chi connectivity index (χ0v) is 29.7. The van der Waals surface area contributed by atoms with Crippen molar-refractivity contribution in [3.05, 3.63) is 12.2 Å². The first-order chi connectivity index (χ1) is 22.0. The SMILES string of the molecule is CCCCCCCCCC/C=C\CCCCCCCCCCCC(=O)OC(CCCCCC)CCCCCC(=O)NCC(=O)O. The number of hydrogen-bond donors (Lipinski definition) is 2. The van der Waals surface area contributed by atoms with Gasteiger partial charge in [-0.1, -0.05) is 142 Å². The molecular weight excluding hydrogens is 562 g/mol. The van der Waals surface area contributed by atoms with Crippen molar-refractivity contribution in [1.29, 1.82) is 0 Å². The van der Waals surface area contributed by atoms with E-state index < -0.39 is 5.97 Å². The van der Waals surface area contributed by atoms with E-state index in [1.165, 1.54) is 128 Å². The predicted molar refractivity (Wildman–Crippen MR) is 190 cm³/mol. The van der Waals surface area contributed by atoms with Crippen LogP contribution in [-0.4, -0.2) is 35.6 Å². The lowest BCUT2D eigenvalue weighted by molar-refractivity contribution is -0.150. The Bertz CT molecular complexity index is 708. The first kappa shape index (κ1) is 43.1. The van der Waals surface area contributed by atoms with Crippen LogP contribution in [0.5, 0.6) is 0 Å². The van der Waals surface area contributed by atoms with Crippen LogP contribution >= 0.6 is 0 Å². The zero-order valence-electron chi connectivity index (χ0n) is 29.7. The van der Waals surface area contributed by atoms with Gasteiger partial charge in [-0.25, -0.2) is 0 Å². The first-order valence-corrected chi connectivity index (χ1v) is 19.3. The molecule has 0 bridgehead atoms. The minimum absolute atomic E-state index is 0.0272. The Morgan fingerprint density at radius 3 is 1.44 bits per heavy atom. The molecule has 45 heavy (non-hydrogen) atoms. The van der Waals surface area contributed by atoms with Gasteiger partial charge in [0.1, 0.15) is 12.6 Å². The fraction of sp³-hybridized carbons (Fsp3) is 0.872. The molecule has 0 fully saturated rings. The van der Waals surface area contributed by atoms with E-state index in [2.05, 4.69) is 31.3 Å². The number of unbranched alkanes of at least 4 members (excludes halogenated alkanes) is 22. The van der Waals surface area contributed by atoms with Gasteiger partial charge in [-0.2, -0.15) is 0 Å². The van der Waals surface area contributed by atoms with Crippen molar-refractivity contribution in [1.82, 2.24) is 5.32 Å². The summed E-state index contributed by atoms with van der Waals surface area (Å²) >= 11 is 0. The number of carbonyl (C=O) groups is 3. The summed E-state index contributed by atoms with van der Waals surface area (Å²) in [6, 6.07) is 0. The van der Waals surface area contributed by atoms with Gasteiger partial charge in [0.2, 0.25) is 5.91 Å². The highest BCUT2D eigenvalue weighted by Crippen LogP contribution is 2.18. The van der Waals surface area contributed by atoms with Crippen LogP contribution in [0.3, 0.4) is 0 Å². The number of carboxylic acids is 1. The number of carboxylic acid groups (broad SMARTS) is 1. The maximum atomic E-state index is 12.5. The second kappa shape index (κ2) is 35.0. The number of carbonyl (C=O) groups excluding carboxylic acids is 2. The Balaban J connectivity index is 3.75. The normalized spacial score (nSPS) is 12.0. The minimum atomic E-state index is -1.03. The van der Waals surface area contributed by atoms with Gasteiger partial charge in [-0.3, -0.25) is 14.4 Å². The second-order valence-corrected chi connectivity index (χ2v) is 13.2. The number of aliphatic carboxylic acids is 1. The van der Waals surface area contributed by atoms with E-state index >= 15 is 0 Å². The van der Waals surface area contributed by atoms with Crippen LogP contribution in [-0.2, 0) is 19.1 Å². The van der Waals surface area contributed by atoms with Crippen molar-refractivity contribution < 1.29 is 24.2 Å². The van der Waals surface area contributed by atoms with Crippen LogP contribution < -0.4 is 5.32 Å². The predicted octanol–water partition coefficient (Wildman–Crippen LogP) is 11.4. The summed E-state index contributed by atoms with van der Waals surface area (Å²) in [5, 5.41) is 11.0. The molecule has 0 heterocycles. The molecule has 1 atom stereocenters. The van der Waals surface area contributed by atoms with Crippen molar-refractivity contribution in [2.75, 3.05) is 6.54 Å². The molecule has 264 valence electrons. The number of rotatable bonds is 35. The second-order valence-electron chi connectivity index (χ2n) is 13.2. The zero-order chi connectivity index (χ0) is 33.1. The Kier molecular flexibility index (Phi) is 33.6. The number of ether oxygens (including phenoxy) is 1. The molecule has 0 radical (unpaired) electrons. The Labute approximate surface area is 278 Å². The van der Waals surface area contributed by atoms with Crippen molar-refractivity contribution in [3.63, 3.8) is 0 Å². The van der Waals surface area contributed by atoms with E-state index in [1.54, 1.807) is 0 Å². The summed E-state index contributed by atoms with van der Waals surface area (Å²) in [6.07, 6.45) is 39.3. The molecule has 0 spiro atoms. The molecule has 6 heteroatoms. The van der Waals surface area contributed by atoms with Crippen LogP contribution in [0, 0.1) is 0 Å². The summed E-state index contributed by atoms with van der Waals surface area (Å²) in [4.78, 5) is 34.7. The van der Waals surface area contributed by atoms with Gasteiger partial charge >= 0.3 is 11.9 Å². The molecule has 0 aliphatic rings. The minimum Gasteiger partial charge on any atom is -0.480 e. The third kappa shape index (κ3) is 34.9. The average Bonchev–Trinajstić information content (AvgIpc) is 3.02. The lowest BCUT2D eigenvalue weighted by atomic mass is 10.0. The van der Waals surface area contributed by atoms with E-state index in [9.17, 15) is 14.4 Å². The molecule has 0 aliphatic carbocycles. The molecule has 6 nitrogen and oxygen atoms in total. The van der Waals surface area contributed by atoms with Crippen LogP contribution in [0.2, 0.25) is 0 Å². The first-order valence-electron chi connectivity index (χ1n) is 19.3. The summed E-state index contributed by atoms with van der Waals surface area (Å²) in [6.45, 7) is 4.15. The Hall–Kier alpha value is -1.85. The number of amides is 1. The van der Waals surface area contributed by atoms with E-state index in [0.29, 0.717) is 12.8 Å². The average molecular weight is 636 g/mol. The molecule has 0 saturated heterocycles. The Morgan fingerprint density at radius 1 is 0.556 bits per heavy atom. The monoisotopic (exact) mass is 636 g/mol. The standard InChI is InChI=1S/C39H73NO5/c1-3-5-7-9-10-11-12-13-14-15-16-17-18-19-20-21-22-23-24-25-30-34-39(44)45-36(31-27-8-6-4-2)32-28-26-29-33-37(41)40-35-38(42)43/h15-16,36H,3-14,17-35H2,1-2H3,(H,40,41)(H,42,43)/b16-15-. The van der Waals surface area contributed by atoms with Gasteiger partial charge in [-0.05, 0) is 64.2 Å². The van der Waals surface area contributed by atoms with E-state index in [-0.39, 0.29) is 24.5 Å². The summed E-state index contributed by atoms with van der Waals surface area (Å²) in [5.41, 5.74) is 0. The quantitative estimate of drug-likeness (QED) is 0.0410. The maximum Gasteiger partial charge on any atom is 0.322 e. The largest absolute Gasteiger partial charge is 0.480 e. The van der Waals surface area contributed by atoms with Crippen molar-refractivity contribution >= 4 is 17.8 Å². The summed E-state index contributed by atoms with van der Waals surface area (Å²) in [7, 11) is 0. The van der Waals surface area contributed by atoms with Crippen molar-refractivity contribution in [3.8, 4) is 0 Å². The maximum absolute atomic E-state index is 12.5. The highest BCUT2D eigenvalue weighted by molar-refractivity contribution is 5.80. The third-order valence-corrected chi connectivity index (χ3v) is 8.69. The molecule has 2 N–H and O–H groups in total. The number of esters is 1. The lowest BCUT2D eigenvalue weighted by Gasteiger charge is -2.18. The molecule has 0 saturated carbocycles. The summed E-state index contributed by atoms with van der Waals surface area (Å²) in [5.74, 6) is -1.31. The fourth-order valence-electron chi connectivity index (χ4n) is 5.80. The molecule has 0 aliphatic heterocycles. The number of hydrogen-bond acceptors (Lipinski definition) is 4. The van der Waals surface area contributed by atoms with Crippen molar-refractivity contribution in [2.45, 2.75) is 213 Å². The van der Waals surface area contributed by atoms with Crippen LogP contribution in [0.1, 0.15) is 206 Å². The third-order valence-electron chi connectivity index (χ3n) is 8.69. The van der Waals surface area contributed by atoms with Gasteiger partial charge in [0.15, 0.2) is 0 Å². The highest BCUT2D eigenvalue weighted by Gasteiger charge is 2.14. The topological polar surface area (TPSA) is 92.7 Å². The molecule has 0 aromatic heterocycles. The molecule has 0 aromatic carbocycles. The molecule has 0 aromatic rings. The number of allylic oxidation sites excluding steroid dienone is 2. The Morgan fingerprint density at radius 2 is 0.956 bits per heavy atom. The van der Waals surface area contributed by atoms with Crippen molar-refractivity contribution in [2.24, 2.45) is 0 Å². The fourth-order valence-corrected chi connectivity index (χ4v) is 5.80. The van der Waals surface area contributed by atoms with Crippen LogP contribution in [0.4, 0.5) is 0 Å². The molecular formula is C39H73NO5. The molecule has 0 rings (SSSR count). The van der Waals surface area contributed by atoms with Gasteiger partial charge in [-0.15, -0.1) is 0 Å². The van der Waals surface area contributed by atoms with E-state index in [1.807, 2.05) is 0 Å². The van der Waals surface area contributed by atoms with Crippen LogP contribution in [0.15, 0.2) is 12.2 Å². The lowest BCUT2D eigenvalue weighted by Crippen LogP contribution is -2.28. The van der Waals surface area contributed by atoms with Gasteiger partial charge in [0.25, 0.3) is 0 Å². The van der Waals surface area contributed by atoms with Gasteiger partial charge in [0.05, 0.1) is 0 Å². The smallest absolute Gasteiger partial charge is 0.322 e. The highest BCUT2D eigenvalue weighted by atomic mass is 16.5. The van der Waals surface area contributed by atoms with Gasteiger partial charge in [0, 0.05) is 12.8 Å². The number of nitrogens with one attached hydrogen (secondary N) is 1. The van der Waals surface area contributed by atoms with E-state index in [4.69, 9.17) is 9.84 Å². The van der Waals surface area contributed by atoms with Crippen LogP contribution in [0.25, 0.3) is 0 Å². The molecule has 1 unspecified atom stereocenters. The summed E-state index contributed by atoms with van der Waals surface area (Å²) < 4.78 is 5.88. The van der Waals surface area contributed by atoms with Gasteiger partial charge < -0.3 is 15.2 Å².